The molecular formula is C17H29N7O8. The quantitative estimate of drug-likeness (QED) is 0.205. The predicted octanol–water partition coefficient (Wildman–Crippen LogP) is -5.57. The molecule has 0 aromatic carbocycles. The number of guanidine groups is 1. The fourth-order valence-corrected chi connectivity index (χ4v) is 4.16. The van der Waals surface area contributed by atoms with Gasteiger partial charge >= 0.3 is 6.09 Å². The van der Waals surface area contributed by atoms with Crippen molar-refractivity contribution >= 4 is 23.9 Å². The fourth-order valence-electron chi connectivity index (χ4n) is 4.16. The second-order valence-corrected chi connectivity index (χ2v) is 7.89. The SMILES string of the molecule is CN1C[C@@H](O)[C@H]2NC(N[C@@H]3O[C@H](CO)[C@H](OC(N)=O)[C@@H](O)[C@H]3N(C)C(=O)CN)=N[C@@H]2C1=O. The zero-order chi connectivity index (χ0) is 23.7. The van der Waals surface area contributed by atoms with Crippen molar-refractivity contribution in [2.45, 2.75) is 48.8 Å². The van der Waals surface area contributed by atoms with Gasteiger partial charge in [-0.05, 0) is 0 Å². The van der Waals surface area contributed by atoms with Crippen LogP contribution in [0.3, 0.4) is 0 Å². The minimum absolute atomic E-state index is 0.0875. The summed E-state index contributed by atoms with van der Waals surface area (Å²) in [6.45, 7) is -0.876. The summed E-state index contributed by atoms with van der Waals surface area (Å²) >= 11 is 0. The molecule has 3 aliphatic rings. The molecule has 3 rings (SSSR count). The number of aliphatic hydroxyl groups is 3. The van der Waals surface area contributed by atoms with E-state index in [-0.39, 0.29) is 25.0 Å². The third-order valence-electron chi connectivity index (χ3n) is 5.83. The summed E-state index contributed by atoms with van der Waals surface area (Å²) < 4.78 is 10.7. The van der Waals surface area contributed by atoms with Crippen LogP contribution in [0.5, 0.6) is 0 Å². The number of hydrogen-bond donors (Lipinski definition) is 7. The summed E-state index contributed by atoms with van der Waals surface area (Å²) in [5, 5.41) is 36.7. The third kappa shape index (κ3) is 4.42. The van der Waals surface area contributed by atoms with E-state index in [0.717, 1.165) is 4.90 Å². The molecule has 0 aromatic rings. The maximum atomic E-state index is 12.4. The van der Waals surface area contributed by atoms with Gasteiger partial charge < -0.3 is 56.7 Å². The Bertz CT molecular complexity index is 782. The van der Waals surface area contributed by atoms with Crippen molar-refractivity contribution in [2.75, 3.05) is 33.8 Å². The van der Waals surface area contributed by atoms with Gasteiger partial charge in [0, 0.05) is 20.6 Å². The van der Waals surface area contributed by atoms with E-state index in [1.165, 1.54) is 11.9 Å². The van der Waals surface area contributed by atoms with E-state index in [9.17, 15) is 29.7 Å². The molecule has 32 heavy (non-hydrogen) atoms. The number of hydrogen-bond acceptors (Lipinski definition) is 12. The summed E-state index contributed by atoms with van der Waals surface area (Å²) in [6, 6.07) is -2.69. The summed E-state index contributed by atoms with van der Waals surface area (Å²) in [4.78, 5) is 42.7. The monoisotopic (exact) mass is 459 g/mol. The Morgan fingerprint density at radius 1 is 1.44 bits per heavy atom. The second kappa shape index (κ2) is 9.41. The van der Waals surface area contributed by atoms with Crippen LogP contribution in [0.25, 0.3) is 0 Å². The molecule has 3 heterocycles. The number of carbonyl (C=O) groups is 3. The molecule has 0 unspecified atom stereocenters. The molecular weight excluding hydrogens is 430 g/mol. The first-order valence-electron chi connectivity index (χ1n) is 9.99. The topological polar surface area (TPSA) is 225 Å². The van der Waals surface area contributed by atoms with E-state index >= 15 is 0 Å². The molecule has 0 radical (unpaired) electrons. The van der Waals surface area contributed by atoms with Gasteiger partial charge in [-0.3, -0.25) is 9.59 Å². The number of piperidine rings is 1. The van der Waals surface area contributed by atoms with Crippen molar-refractivity contribution < 1.29 is 39.2 Å². The molecule has 15 nitrogen and oxygen atoms in total. The molecule has 2 saturated heterocycles. The minimum Gasteiger partial charge on any atom is -0.441 e. The van der Waals surface area contributed by atoms with Crippen LogP contribution >= 0.6 is 0 Å². The van der Waals surface area contributed by atoms with Crippen molar-refractivity contribution in [3.05, 3.63) is 0 Å². The highest BCUT2D eigenvalue weighted by atomic mass is 16.6. The molecule has 0 spiro atoms. The number of likely N-dealkylation sites (tertiary alicyclic amines) is 1. The molecule has 8 atom stereocenters. The number of nitrogens with zero attached hydrogens (tertiary/aromatic N) is 3. The van der Waals surface area contributed by atoms with E-state index in [2.05, 4.69) is 15.6 Å². The van der Waals surface area contributed by atoms with E-state index in [0.29, 0.717) is 0 Å². The van der Waals surface area contributed by atoms with Gasteiger partial charge in [0.15, 0.2) is 24.3 Å². The van der Waals surface area contributed by atoms with Gasteiger partial charge in [-0.25, -0.2) is 9.79 Å². The van der Waals surface area contributed by atoms with Crippen molar-refractivity contribution in [3.8, 4) is 0 Å². The molecule has 0 aliphatic carbocycles. The Balaban J connectivity index is 1.86. The molecule has 0 aromatic heterocycles. The first-order valence-corrected chi connectivity index (χ1v) is 9.99. The number of fused-ring (bicyclic) bond motifs is 1. The van der Waals surface area contributed by atoms with Crippen LogP contribution in [0.4, 0.5) is 4.79 Å². The summed E-state index contributed by atoms with van der Waals surface area (Å²) in [6.07, 6.45) is -7.31. The Hall–Kier alpha value is -2.72. The lowest BCUT2D eigenvalue weighted by Gasteiger charge is -2.47. The molecule has 9 N–H and O–H groups in total. The van der Waals surface area contributed by atoms with Crippen LogP contribution < -0.4 is 22.1 Å². The van der Waals surface area contributed by atoms with Crippen molar-refractivity contribution in [3.63, 3.8) is 0 Å². The largest absolute Gasteiger partial charge is 0.441 e. The first-order chi connectivity index (χ1) is 15.1. The van der Waals surface area contributed by atoms with Gasteiger partial charge in [-0.1, -0.05) is 0 Å². The van der Waals surface area contributed by atoms with Crippen LogP contribution in [0.1, 0.15) is 0 Å². The summed E-state index contributed by atoms with van der Waals surface area (Å²) in [7, 11) is 2.92. The van der Waals surface area contributed by atoms with Crippen molar-refractivity contribution in [2.24, 2.45) is 16.5 Å². The number of β-amino-alcohol motifs (C(OH)–C–C–N with tert-alkyl or cyclic N) is 1. The highest BCUT2D eigenvalue weighted by Gasteiger charge is 2.51. The van der Waals surface area contributed by atoms with E-state index in [4.69, 9.17) is 20.9 Å². The first kappa shape index (κ1) is 23.9. The van der Waals surface area contributed by atoms with Crippen molar-refractivity contribution in [1.82, 2.24) is 20.4 Å². The van der Waals surface area contributed by atoms with Gasteiger partial charge in [0.25, 0.3) is 0 Å². The maximum absolute atomic E-state index is 12.4. The van der Waals surface area contributed by atoms with Crippen LogP contribution in [-0.2, 0) is 19.1 Å². The zero-order valence-electron chi connectivity index (χ0n) is 17.6. The van der Waals surface area contributed by atoms with Gasteiger partial charge in [0.1, 0.15) is 18.2 Å². The number of rotatable bonds is 5. The standard InChI is InChI=1S/C17H29N7O8/c1-23-4-6(26)9-10(15(23)29)21-17(20-9)22-14-11(24(2)8(27)3-18)12(28)13(32-16(19)30)7(5-25)31-14/h6-7,9-14,25-26,28H,3-5,18H2,1-2H3,(H2,19,30)(H2,20,21,22)/t6-,7-,9-,10+,11-,12+,13+,14-/m1/s1. The predicted molar refractivity (Wildman–Crippen MR) is 107 cm³/mol. The number of primary amides is 1. The van der Waals surface area contributed by atoms with E-state index < -0.39 is 67.4 Å². The molecule has 2 fully saturated rings. The minimum atomic E-state index is -1.52. The summed E-state index contributed by atoms with van der Waals surface area (Å²) in [5.41, 5.74) is 10.5. The average Bonchev–Trinajstić information content (AvgIpc) is 3.17. The Kier molecular flexibility index (Phi) is 7.04. The molecule has 180 valence electrons. The molecule has 0 bridgehead atoms. The van der Waals surface area contributed by atoms with Gasteiger partial charge in [-0.15, -0.1) is 0 Å². The fraction of sp³-hybridized carbons (Fsp3) is 0.765. The van der Waals surface area contributed by atoms with Crippen LogP contribution in [0, 0.1) is 0 Å². The Labute approximate surface area is 183 Å². The highest BCUT2D eigenvalue weighted by molar-refractivity contribution is 5.92. The second-order valence-electron chi connectivity index (χ2n) is 7.89. The molecule has 3 aliphatic heterocycles. The van der Waals surface area contributed by atoms with Crippen LogP contribution in [0.15, 0.2) is 4.99 Å². The van der Waals surface area contributed by atoms with Crippen molar-refractivity contribution in [1.29, 1.82) is 0 Å². The highest BCUT2D eigenvalue weighted by Crippen LogP contribution is 2.27. The number of likely N-dealkylation sites (N-methyl/N-ethyl adjacent to an activating group) is 2. The van der Waals surface area contributed by atoms with E-state index in [1.54, 1.807) is 7.05 Å². The third-order valence-corrected chi connectivity index (χ3v) is 5.83. The normalized spacial score (nSPS) is 36.6. The average molecular weight is 459 g/mol. The molecule has 0 saturated carbocycles. The number of ether oxygens (including phenoxy) is 2. The number of aliphatic imine (C=N–C) groups is 1. The summed E-state index contributed by atoms with van der Waals surface area (Å²) in [5.74, 6) is -0.749. The van der Waals surface area contributed by atoms with Crippen LogP contribution in [-0.4, -0.2) is 132 Å². The molecule has 3 amide bonds. The lowest BCUT2D eigenvalue weighted by Crippen LogP contribution is -2.70. The zero-order valence-corrected chi connectivity index (χ0v) is 17.6. The van der Waals surface area contributed by atoms with Gasteiger partial charge in [-0.2, -0.15) is 0 Å². The maximum Gasteiger partial charge on any atom is 0.404 e. The number of nitrogens with one attached hydrogen (secondary N) is 2. The van der Waals surface area contributed by atoms with E-state index in [1.807, 2.05) is 0 Å². The number of carbonyl (C=O) groups excluding carboxylic acids is 3. The van der Waals surface area contributed by atoms with Gasteiger partial charge in [0.2, 0.25) is 11.8 Å². The number of nitrogens with two attached hydrogens (primary N) is 2. The van der Waals surface area contributed by atoms with Crippen LogP contribution in [0.2, 0.25) is 0 Å². The lowest BCUT2D eigenvalue weighted by molar-refractivity contribution is -0.214. The number of amides is 3. The number of aliphatic hydroxyl groups excluding tert-OH is 3. The van der Waals surface area contributed by atoms with Gasteiger partial charge in [0.05, 0.1) is 25.3 Å². The molecule has 15 heteroatoms. The Morgan fingerprint density at radius 3 is 2.72 bits per heavy atom. The smallest absolute Gasteiger partial charge is 0.404 e. The lowest BCUT2D eigenvalue weighted by atomic mass is 9.94. The Morgan fingerprint density at radius 2 is 2.12 bits per heavy atom.